The van der Waals surface area contributed by atoms with Gasteiger partial charge in [-0.05, 0) is 17.7 Å². The van der Waals surface area contributed by atoms with Gasteiger partial charge in [-0.25, -0.2) is 0 Å². The first-order valence-electron chi connectivity index (χ1n) is 6.07. The summed E-state index contributed by atoms with van der Waals surface area (Å²) in [6, 6.07) is 4.93. The Hall–Kier alpha value is -2.22. The van der Waals surface area contributed by atoms with Gasteiger partial charge in [0.25, 0.3) is 0 Å². The third-order valence-corrected chi connectivity index (χ3v) is 2.63. The minimum Gasteiger partial charge on any atom is -0.469 e. The van der Waals surface area contributed by atoms with Gasteiger partial charge in [-0.15, -0.1) is 0 Å². The number of carbonyl (C=O) groups excluding carboxylic acids is 2. The zero-order chi connectivity index (χ0) is 15.8. The smallest absolute Gasteiger partial charge is 0.387 e. The molecule has 1 aromatic rings. The molecule has 0 fully saturated rings. The number of benzene rings is 1. The number of esters is 1. The van der Waals surface area contributed by atoms with E-state index in [1.54, 1.807) is 0 Å². The molecular formula is C13H16F2N2O4. The van der Waals surface area contributed by atoms with Crippen LogP contribution in [0.3, 0.4) is 0 Å². The number of ether oxygens (including phenoxy) is 2. The quantitative estimate of drug-likeness (QED) is 0.732. The van der Waals surface area contributed by atoms with E-state index in [2.05, 4.69) is 14.8 Å². The molecule has 116 valence electrons. The lowest BCUT2D eigenvalue weighted by Crippen LogP contribution is -2.35. The second-order valence-corrected chi connectivity index (χ2v) is 4.05. The molecule has 0 aliphatic rings. The number of halogens is 2. The Kier molecular flexibility index (Phi) is 6.54. The highest BCUT2D eigenvalue weighted by Gasteiger charge is 2.18. The largest absolute Gasteiger partial charge is 0.469 e. The highest BCUT2D eigenvalue weighted by molar-refractivity contribution is 5.79. The lowest BCUT2D eigenvalue weighted by Gasteiger charge is -2.18. The van der Waals surface area contributed by atoms with E-state index in [4.69, 9.17) is 5.73 Å². The first kappa shape index (κ1) is 16.8. The Labute approximate surface area is 120 Å². The summed E-state index contributed by atoms with van der Waals surface area (Å²) in [5, 5.41) is 2.55. The molecule has 0 aliphatic carbocycles. The first-order chi connectivity index (χ1) is 9.96. The van der Waals surface area contributed by atoms with Crippen LogP contribution in [0.15, 0.2) is 24.3 Å². The molecule has 0 aliphatic heterocycles. The number of hydrogen-bond donors (Lipinski definition) is 2. The van der Waals surface area contributed by atoms with Crippen molar-refractivity contribution < 1.29 is 27.8 Å². The van der Waals surface area contributed by atoms with Gasteiger partial charge >= 0.3 is 12.6 Å². The lowest BCUT2D eigenvalue weighted by atomic mass is 10.0. The van der Waals surface area contributed by atoms with Crippen molar-refractivity contribution in [1.29, 1.82) is 0 Å². The van der Waals surface area contributed by atoms with Gasteiger partial charge in [0.15, 0.2) is 0 Å². The average Bonchev–Trinajstić information content (AvgIpc) is 2.46. The molecule has 0 saturated carbocycles. The van der Waals surface area contributed by atoms with Crippen LogP contribution in [0.4, 0.5) is 8.78 Å². The van der Waals surface area contributed by atoms with Gasteiger partial charge in [0, 0.05) is 0 Å². The van der Waals surface area contributed by atoms with Gasteiger partial charge in [-0.3, -0.25) is 9.59 Å². The molecule has 0 unspecified atom stereocenters. The van der Waals surface area contributed by atoms with Crippen LogP contribution in [0.25, 0.3) is 0 Å². The zero-order valence-electron chi connectivity index (χ0n) is 11.3. The maximum absolute atomic E-state index is 12.1. The van der Waals surface area contributed by atoms with Gasteiger partial charge in [0.1, 0.15) is 5.75 Å². The van der Waals surface area contributed by atoms with Gasteiger partial charge in [-0.2, -0.15) is 8.78 Å². The van der Waals surface area contributed by atoms with Crippen molar-refractivity contribution in [3.63, 3.8) is 0 Å². The van der Waals surface area contributed by atoms with Gasteiger partial charge in [0.2, 0.25) is 5.91 Å². The fraction of sp³-hybridized carbons (Fsp3) is 0.385. The molecule has 1 atom stereocenters. The topological polar surface area (TPSA) is 90.7 Å². The lowest BCUT2D eigenvalue weighted by molar-refractivity contribution is -0.141. The molecule has 0 aromatic heterocycles. The number of rotatable bonds is 7. The summed E-state index contributed by atoms with van der Waals surface area (Å²) in [7, 11) is 1.23. The van der Waals surface area contributed by atoms with Crippen LogP contribution in [-0.2, 0) is 14.3 Å². The van der Waals surface area contributed by atoms with Crippen molar-refractivity contribution in [2.45, 2.75) is 19.1 Å². The number of hydrogen-bond acceptors (Lipinski definition) is 5. The highest BCUT2D eigenvalue weighted by Crippen LogP contribution is 2.22. The van der Waals surface area contributed by atoms with E-state index in [9.17, 15) is 18.4 Å². The number of nitrogens with one attached hydrogen (secondary N) is 1. The monoisotopic (exact) mass is 302 g/mol. The fourth-order valence-electron chi connectivity index (χ4n) is 1.64. The maximum atomic E-state index is 12.1. The van der Waals surface area contributed by atoms with Gasteiger partial charge < -0.3 is 20.5 Å². The Morgan fingerprint density at radius 1 is 1.29 bits per heavy atom. The second-order valence-electron chi connectivity index (χ2n) is 4.05. The van der Waals surface area contributed by atoms with Crippen LogP contribution >= 0.6 is 0 Å². The summed E-state index contributed by atoms with van der Waals surface area (Å²) < 4.78 is 32.9. The summed E-state index contributed by atoms with van der Waals surface area (Å²) in [5.41, 5.74) is 5.75. The van der Waals surface area contributed by atoms with Crippen molar-refractivity contribution in [3.8, 4) is 5.75 Å². The van der Waals surface area contributed by atoms with Crippen molar-refractivity contribution in [3.05, 3.63) is 29.8 Å². The van der Waals surface area contributed by atoms with E-state index in [1.807, 2.05) is 0 Å². The third kappa shape index (κ3) is 5.74. The average molecular weight is 302 g/mol. The van der Waals surface area contributed by atoms with Gasteiger partial charge in [0.05, 0.1) is 26.1 Å². The molecule has 0 bridgehead atoms. The van der Waals surface area contributed by atoms with Crippen LogP contribution < -0.4 is 15.8 Å². The SMILES string of the molecule is COC(=O)C[C@H](NC(=O)CN)c1ccc(OC(F)F)cc1. The molecule has 1 rings (SSSR count). The Morgan fingerprint density at radius 3 is 2.38 bits per heavy atom. The van der Waals surface area contributed by atoms with E-state index in [1.165, 1.54) is 31.4 Å². The van der Waals surface area contributed by atoms with E-state index in [0.29, 0.717) is 5.56 Å². The molecule has 8 heteroatoms. The standard InChI is InChI=1S/C13H16F2N2O4/c1-20-12(19)6-10(17-11(18)7-16)8-2-4-9(5-3-8)21-13(14)15/h2-5,10,13H,6-7,16H2,1H3,(H,17,18)/t10-/m0/s1. The van der Waals surface area contributed by atoms with E-state index < -0.39 is 24.5 Å². The van der Waals surface area contributed by atoms with Crippen LogP contribution in [-0.4, -0.2) is 32.1 Å². The minimum absolute atomic E-state index is 0.0179. The third-order valence-electron chi connectivity index (χ3n) is 2.63. The fourth-order valence-corrected chi connectivity index (χ4v) is 1.64. The molecule has 6 nitrogen and oxygen atoms in total. The number of carbonyl (C=O) groups is 2. The number of amides is 1. The molecule has 0 saturated heterocycles. The van der Waals surface area contributed by atoms with E-state index in [0.717, 1.165) is 0 Å². The number of methoxy groups -OCH3 is 1. The summed E-state index contributed by atoms with van der Waals surface area (Å²) in [4.78, 5) is 22.7. The van der Waals surface area contributed by atoms with Crippen molar-refractivity contribution in [2.75, 3.05) is 13.7 Å². The summed E-state index contributed by atoms with van der Waals surface area (Å²) in [5.74, 6) is -0.988. The summed E-state index contributed by atoms with van der Waals surface area (Å²) in [6.45, 7) is -3.15. The van der Waals surface area contributed by atoms with Crippen LogP contribution in [0.5, 0.6) is 5.75 Å². The molecular weight excluding hydrogens is 286 g/mol. The molecule has 1 aromatic carbocycles. The molecule has 0 radical (unpaired) electrons. The maximum Gasteiger partial charge on any atom is 0.387 e. The normalized spacial score (nSPS) is 11.9. The van der Waals surface area contributed by atoms with E-state index in [-0.39, 0.29) is 18.7 Å². The Bertz CT molecular complexity index is 462. The minimum atomic E-state index is -2.92. The van der Waals surface area contributed by atoms with E-state index >= 15 is 0 Å². The number of nitrogens with two attached hydrogens (primary N) is 1. The highest BCUT2D eigenvalue weighted by atomic mass is 19.3. The molecule has 1 amide bonds. The molecule has 0 heterocycles. The van der Waals surface area contributed by atoms with Crippen LogP contribution in [0.2, 0.25) is 0 Å². The zero-order valence-corrected chi connectivity index (χ0v) is 11.3. The Balaban J connectivity index is 2.85. The van der Waals surface area contributed by atoms with Crippen molar-refractivity contribution in [1.82, 2.24) is 5.32 Å². The summed E-state index contributed by atoms with van der Waals surface area (Å²) in [6.07, 6.45) is -0.0999. The summed E-state index contributed by atoms with van der Waals surface area (Å²) >= 11 is 0. The first-order valence-corrected chi connectivity index (χ1v) is 6.07. The molecule has 21 heavy (non-hydrogen) atoms. The molecule has 3 N–H and O–H groups in total. The van der Waals surface area contributed by atoms with Gasteiger partial charge in [-0.1, -0.05) is 12.1 Å². The van der Waals surface area contributed by atoms with Crippen molar-refractivity contribution in [2.24, 2.45) is 5.73 Å². The predicted molar refractivity (Wildman–Crippen MR) is 69.6 cm³/mol. The van der Waals surface area contributed by atoms with Crippen molar-refractivity contribution >= 4 is 11.9 Å². The predicted octanol–water partition coefficient (Wildman–Crippen LogP) is 0.967. The number of alkyl halides is 2. The van der Waals surface area contributed by atoms with Crippen LogP contribution in [0, 0.1) is 0 Å². The Morgan fingerprint density at radius 2 is 1.90 bits per heavy atom. The molecule has 0 spiro atoms. The second kappa shape index (κ2) is 8.15. The van der Waals surface area contributed by atoms with Crippen LogP contribution in [0.1, 0.15) is 18.0 Å².